The maximum Gasteiger partial charge on any atom is 0.119 e. The fraction of sp³-hybridized carbons (Fsp3) is 0.625. The number of hydrogen-bond acceptors (Lipinski definition) is 4. The summed E-state index contributed by atoms with van der Waals surface area (Å²) in [6.45, 7) is 0.801. The van der Waals surface area contributed by atoms with Gasteiger partial charge in [-0.05, 0) is 48.9 Å². The molecule has 2 unspecified atom stereocenters. The number of benzene rings is 1. The number of aryl methyl sites for hydroxylation is 1. The van der Waals surface area contributed by atoms with Crippen molar-refractivity contribution in [1.82, 2.24) is 5.32 Å². The molecule has 0 aliphatic heterocycles. The Bertz CT molecular complexity index is 416. The molecule has 0 saturated heterocycles. The van der Waals surface area contributed by atoms with Crippen LogP contribution in [0.5, 0.6) is 5.75 Å². The van der Waals surface area contributed by atoms with Crippen LogP contribution in [-0.2, 0) is 11.2 Å². The normalized spacial score (nSPS) is 19.4. The number of rotatable bonds is 7. The molecule has 1 aliphatic carbocycles. The van der Waals surface area contributed by atoms with Gasteiger partial charge in [0.1, 0.15) is 5.75 Å². The molecule has 0 aromatic heterocycles. The van der Waals surface area contributed by atoms with E-state index in [0.29, 0.717) is 19.1 Å². The highest BCUT2D eigenvalue weighted by molar-refractivity contribution is 5.39. The fourth-order valence-electron chi connectivity index (χ4n) is 2.93. The minimum atomic E-state index is 0.179. The highest BCUT2D eigenvalue weighted by Crippen LogP contribution is 2.32. The molecule has 0 radical (unpaired) electrons. The molecule has 1 aliphatic rings. The van der Waals surface area contributed by atoms with Crippen LogP contribution in [0.25, 0.3) is 0 Å². The molecule has 2 N–H and O–H groups in total. The predicted molar refractivity (Wildman–Crippen MR) is 79.2 cm³/mol. The predicted octanol–water partition coefficient (Wildman–Crippen LogP) is 2.06. The summed E-state index contributed by atoms with van der Waals surface area (Å²) in [5.74, 6) is 0.905. The van der Waals surface area contributed by atoms with Crippen molar-refractivity contribution in [3.63, 3.8) is 0 Å². The van der Waals surface area contributed by atoms with Gasteiger partial charge in [0, 0.05) is 25.8 Å². The molecule has 2 atom stereocenters. The monoisotopic (exact) mass is 279 g/mol. The molecular weight excluding hydrogens is 254 g/mol. The van der Waals surface area contributed by atoms with Gasteiger partial charge in [-0.1, -0.05) is 6.07 Å². The molecule has 1 aromatic carbocycles. The number of fused-ring (bicyclic) bond motifs is 1. The molecule has 0 bridgehead atoms. The molecule has 1 aromatic rings. The maximum atomic E-state index is 9.15. The largest absolute Gasteiger partial charge is 0.497 e. The van der Waals surface area contributed by atoms with Crippen molar-refractivity contribution in [3.05, 3.63) is 29.3 Å². The lowest BCUT2D eigenvalue weighted by atomic mass is 9.87. The van der Waals surface area contributed by atoms with E-state index in [1.807, 2.05) is 6.07 Å². The van der Waals surface area contributed by atoms with Crippen LogP contribution in [0.1, 0.15) is 36.4 Å². The number of nitrogens with one attached hydrogen (secondary N) is 1. The second-order valence-electron chi connectivity index (χ2n) is 5.34. The van der Waals surface area contributed by atoms with Crippen molar-refractivity contribution in [2.45, 2.75) is 37.8 Å². The van der Waals surface area contributed by atoms with Crippen molar-refractivity contribution in [2.24, 2.45) is 0 Å². The Hall–Kier alpha value is -1.10. The summed E-state index contributed by atoms with van der Waals surface area (Å²) in [6, 6.07) is 6.84. The van der Waals surface area contributed by atoms with E-state index in [9.17, 15) is 0 Å². The zero-order chi connectivity index (χ0) is 14.4. The summed E-state index contributed by atoms with van der Waals surface area (Å²) in [6.07, 6.45) is 4.15. The molecule has 4 nitrogen and oxygen atoms in total. The average Bonchev–Trinajstić information content (AvgIpc) is 2.47. The highest BCUT2D eigenvalue weighted by Gasteiger charge is 2.23. The standard InChI is InChI=1S/C16H25NO3/c1-19-11-13(8-9-18)17-16-5-3-4-12-6-7-14(20-2)10-15(12)16/h6-7,10,13,16-18H,3-5,8-9,11H2,1-2H3. The van der Waals surface area contributed by atoms with Crippen molar-refractivity contribution in [2.75, 3.05) is 27.4 Å². The third-order valence-corrected chi connectivity index (χ3v) is 3.95. The lowest BCUT2D eigenvalue weighted by Crippen LogP contribution is -2.38. The molecule has 2 rings (SSSR count). The maximum absolute atomic E-state index is 9.15. The zero-order valence-electron chi connectivity index (χ0n) is 12.4. The smallest absolute Gasteiger partial charge is 0.119 e. The summed E-state index contributed by atoms with van der Waals surface area (Å²) < 4.78 is 10.6. The van der Waals surface area contributed by atoms with E-state index < -0.39 is 0 Å². The number of hydrogen-bond donors (Lipinski definition) is 2. The summed E-state index contributed by atoms with van der Waals surface area (Å²) in [5.41, 5.74) is 2.73. The van der Waals surface area contributed by atoms with Gasteiger partial charge >= 0.3 is 0 Å². The SMILES string of the molecule is COCC(CCO)NC1CCCc2ccc(OC)cc21. The van der Waals surface area contributed by atoms with Crippen molar-refractivity contribution < 1.29 is 14.6 Å². The van der Waals surface area contributed by atoms with Gasteiger partial charge in [0.2, 0.25) is 0 Å². The Morgan fingerprint density at radius 1 is 1.40 bits per heavy atom. The molecule has 20 heavy (non-hydrogen) atoms. The third-order valence-electron chi connectivity index (χ3n) is 3.95. The first kappa shape index (κ1) is 15.3. The van der Waals surface area contributed by atoms with E-state index in [4.69, 9.17) is 14.6 Å². The van der Waals surface area contributed by atoms with Crippen LogP contribution < -0.4 is 10.1 Å². The number of ether oxygens (including phenoxy) is 2. The lowest BCUT2D eigenvalue weighted by molar-refractivity contribution is 0.140. The van der Waals surface area contributed by atoms with Crippen LogP contribution >= 0.6 is 0 Å². The quantitative estimate of drug-likeness (QED) is 0.802. The second kappa shape index (κ2) is 7.62. The van der Waals surface area contributed by atoms with E-state index in [2.05, 4.69) is 17.4 Å². The van der Waals surface area contributed by atoms with E-state index >= 15 is 0 Å². The Morgan fingerprint density at radius 3 is 2.95 bits per heavy atom. The molecular formula is C16H25NO3. The molecule has 0 amide bonds. The molecule has 0 fully saturated rings. The van der Waals surface area contributed by atoms with Crippen LogP contribution in [0.4, 0.5) is 0 Å². The van der Waals surface area contributed by atoms with Crippen LogP contribution in [0, 0.1) is 0 Å². The van der Waals surface area contributed by atoms with Gasteiger partial charge in [0.15, 0.2) is 0 Å². The van der Waals surface area contributed by atoms with E-state index in [1.165, 1.54) is 17.5 Å². The topological polar surface area (TPSA) is 50.7 Å². The summed E-state index contributed by atoms with van der Waals surface area (Å²) in [7, 11) is 3.40. The minimum absolute atomic E-state index is 0.179. The van der Waals surface area contributed by atoms with Crippen molar-refractivity contribution in [3.8, 4) is 5.75 Å². The van der Waals surface area contributed by atoms with Crippen molar-refractivity contribution >= 4 is 0 Å². The van der Waals surface area contributed by atoms with E-state index in [-0.39, 0.29) is 12.6 Å². The summed E-state index contributed by atoms with van der Waals surface area (Å²) in [4.78, 5) is 0. The van der Waals surface area contributed by atoms with Gasteiger partial charge in [-0.3, -0.25) is 0 Å². The van der Waals surface area contributed by atoms with Crippen LogP contribution in [-0.4, -0.2) is 38.6 Å². The first-order valence-corrected chi connectivity index (χ1v) is 7.31. The van der Waals surface area contributed by atoms with Gasteiger partial charge in [0.05, 0.1) is 13.7 Å². The first-order chi connectivity index (χ1) is 9.78. The number of aliphatic hydroxyl groups is 1. The minimum Gasteiger partial charge on any atom is -0.497 e. The number of aliphatic hydroxyl groups excluding tert-OH is 1. The third kappa shape index (κ3) is 3.72. The van der Waals surface area contributed by atoms with Crippen LogP contribution in [0.15, 0.2) is 18.2 Å². The number of methoxy groups -OCH3 is 2. The average molecular weight is 279 g/mol. The van der Waals surface area contributed by atoms with E-state index in [0.717, 1.165) is 18.6 Å². The molecule has 112 valence electrons. The van der Waals surface area contributed by atoms with Crippen LogP contribution in [0.3, 0.4) is 0 Å². The lowest BCUT2D eigenvalue weighted by Gasteiger charge is -2.30. The molecule has 0 heterocycles. The Labute approximate surface area is 121 Å². The Kier molecular flexibility index (Phi) is 5.83. The summed E-state index contributed by atoms with van der Waals surface area (Å²) >= 11 is 0. The van der Waals surface area contributed by atoms with Gasteiger partial charge in [-0.25, -0.2) is 0 Å². The van der Waals surface area contributed by atoms with Crippen molar-refractivity contribution in [1.29, 1.82) is 0 Å². The van der Waals surface area contributed by atoms with Crippen LogP contribution in [0.2, 0.25) is 0 Å². The van der Waals surface area contributed by atoms with Gasteiger partial charge < -0.3 is 19.9 Å². The zero-order valence-corrected chi connectivity index (χ0v) is 12.4. The molecule has 0 saturated carbocycles. The van der Waals surface area contributed by atoms with Gasteiger partial charge in [-0.15, -0.1) is 0 Å². The first-order valence-electron chi connectivity index (χ1n) is 7.31. The Morgan fingerprint density at radius 2 is 2.25 bits per heavy atom. The summed E-state index contributed by atoms with van der Waals surface area (Å²) in [5, 5.41) is 12.8. The fourth-order valence-corrected chi connectivity index (χ4v) is 2.93. The van der Waals surface area contributed by atoms with Gasteiger partial charge in [0.25, 0.3) is 0 Å². The molecule has 0 spiro atoms. The second-order valence-corrected chi connectivity index (χ2v) is 5.34. The van der Waals surface area contributed by atoms with Gasteiger partial charge in [-0.2, -0.15) is 0 Å². The van der Waals surface area contributed by atoms with E-state index in [1.54, 1.807) is 14.2 Å². The Balaban J connectivity index is 2.13. The highest BCUT2D eigenvalue weighted by atomic mass is 16.5. The molecule has 4 heteroatoms.